The zero-order valence-corrected chi connectivity index (χ0v) is 14.5. The first kappa shape index (κ1) is 16.6. The summed E-state index contributed by atoms with van der Waals surface area (Å²) in [7, 11) is 0. The van der Waals surface area contributed by atoms with Crippen LogP contribution in [0.25, 0.3) is 16.5 Å². The fourth-order valence-corrected chi connectivity index (χ4v) is 4.00. The van der Waals surface area contributed by atoms with Crippen LogP contribution in [0.5, 0.6) is 0 Å². The predicted octanol–water partition coefficient (Wildman–Crippen LogP) is 4.50. The van der Waals surface area contributed by atoms with Gasteiger partial charge in [0.1, 0.15) is 0 Å². The summed E-state index contributed by atoms with van der Waals surface area (Å²) in [5.74, 6) is 0. The monoisotopic (exact) mass is 339 g/mol. The lowest BCUT2D eigenvalue weighted by Crippen LogP contribution is -2.24. The highest BCUT2D eigenvalue weighted by Gasteiger charge is 2.24. The van der Waals surface area contributed by atoms with E-state index in [0.29, 0.717) is 5.56 Å². The van der Waals surface area contributed by atoms with Crippen LogP contribution in [0.15, 0.2) is 30.5 Å². The summed E-state index contributed by atoms with van der Waals surface area (Å²) in [6.07, 6.45) is 11.9. The molecular weight excluding hydrogens is 314 g/mol. The number of ether oxygens (including phenoxy) is 2. The van der Waals surface area contributed by atoms with Crippen LogP contribution in [0.2, 0.25) is 0 Å². The number of carbonyl (C=O) groups is 1. The lowest BCUT2D eigenvalue weighted by molar-refractivity contribution is 0.0403. The number of carbonyl (C=O) groups excluding carboxylic acids is 1. The fourth-order valence-electron chi connectivity index (χ4n) is 4.00. The van der Waals surface area contributed by atoms with E-state index >= 15 is 0 Å². The van der Waals surface area contributed by atoms with Crippen molar-refractivity contribution >= 4 is 22.8 Å². The zero-order valence-electron chi connectivity index (χ0n) is 14.5. The van der Waals surface area contributed by atoms with Crippen molar-refractivity contribution < 1.29 is 14.3 Å². The van der Waals surface area contributed by atoms with Crippen molar-refractivity contribution in [3.05, 3.63) is 41.6 Å². The van der Waals surface area contributed by atoms with Gasteiger partial charge in [0, 0.05) is 35.9 Å². The third-order valence-corrected chi connectivity index (χ3v) is 5.28. The molecule has 0 aliphatic carbocycles. The van der Waals surface area contributed by atoms with Crippen molar-refractivity contribution in [1.82, 2.24) is 4.98 Å². The number of hydrogen-bond acceptors (Lipinski definition) is 3. The van der Waals surface area contributed by atoms with Crippen molar-refractivity contribution in [2.45, 2.75) is 50.7 Å². The molecule has 2 saturated heterocycles. The van der Waals surface area contributed by atoms with E-state index in [4.69, 9.17) is 9.47 Å². The molecule has 2 atom stereocenters. The van der Waals surface area contributed by atoms with E-state index in [1.54, 1.807) is 6.20 Å². The molecule has 2 aliphatic heterocycles. The molecule has 0 bridgehead atoms. The van der Waals surface area contributed by atoms with Gasteiger partial charge in [0.05, 0.1) is 12.2 Å². The highest BCUT2D eigenvalue weighted by Crippen LogP contribution is 2.34. The average molecular weight is 339 g/mol. The summed E-state index contributed by atoms with van der Waals surface area (Å²) in [5, 5.41) is 0.994. The second-order valence-corrected chi connectivity index (χ2v) is 6.97. The summed E-state index contributed by atoms with van der Waals surface area (Å²) >= 11 is 0. The number of hydrogen-bond donors (Lipinski definition) is 1. The molecule has 1 aromatic heterocycles. The Balaban J connectivity index is 1.81. The quantitative estimate of drug-likeness (QED) is 0.834. The van der Waals surface area contributed by atoms with Gasteiger partial charge in [-0.25, -0.2) is 0 Å². The second-order valence-electron chi connectivity index (χ2n) is 6.97. The molecule has 25 heavy (non-hydrogen) atoms. The SMILES string of the molecule is O=Cc1c[nH]c2cccc(/C(=C\C3CCCCO3)C3CCCCO3)c12. The number of H-pyrrole nitrogens is 1. The van der Waals surface area contributed by atoms with Crippen LogP contribution < -0.4 is 0 Å². The smallest absolute Gasteiger partial charge is 0.152 e. The van der Waals surface area contributed by atoms with E-state index < -0.39 is 0 Å². The number of aromatic amines is 1. The molecule has 2 unspecified atom stereocenters. The van der Waals surface area contributed by atoms with Crippen LogP contribution in [0, 0.1) is 0 Å². The lowest BCUT2D eigenvalue weighted by Gasteiger charge is -2.28. The van der Waals surface area contributed by atoms with Gasteiger partial charge in [0.2, 0.25) is 0 Å². The second kappa shape index (κ2) is 7.54. The van der Waals surface area contributed by atoms with E-state index in [0.717, 1.165) is 61.6 Å². The number of aromatic nitrogens is 1. The number of nitrogens with one attached hydrogen (secondary N) is 1. The summed E-state index contributed by atoms with van der Waals surface area (Å²) in [6.45, 7) is 1.63. The Bertz CT molecular complexity index is 765. The van der Waals surface area contributed by atoms with E-state index in [1.807, 2.05) is 12.1 Å². The summed E-state index contributed by atoms with van der Waals surface area (Å²) < 4.78 is 12.1. The standard InChI is InChI=1S/C21H25NO3/c23-14-15-13-22-19-8-5-7-17(21(15)19)18(20-9-2-4-11-25-20)12-16-6-1-3-10-24-16/h5,7-8,12-14,16,20,22H,1-4,6,9-11H2/b18-12+. The van der Waals surface area contributed by atoms with Crippen molar-refractivity contribution in [1.29, 1.82) is 0 Å². The van der Waals surface area contributed by atoms with Crippen LogP contribution in [0.1, 0.15) is 54.4 Å². The van der Waals surface area contributed by atoms with Crippen molar-refractivity contribution in [2.75, 3.05) is 13.2 Å². The molecule has 2 aliphatic rings. The first-order chi connectivity index (χ1) is 12.4. The van der Waals surface area contributed by atoms with Crippen LogP contribution in [-0.4, -0.2) is 36.7 Å². The minimum atomic E-state index is 0.0827. The first-order valence-electron chi connectivity index (χ1n) is 9.37. The molecule has 2 fully saturated rings. The maximum Gasteiger partial charge on any atom is 0.152 e. The maximum atomic E-state index is 11.5. The largest absolute Gasteiger partial charge is 0.374 e. The Hall–Kier alpha value is -1.91. The minimum absolute atomic E-state index is 0.0827. The number of rotatable bonds is 4. The topological polar surface area (TPSA) is 51.3 Å². The lowest BCUT2D eigenvalue weighted by atomic mass is 9.90. The molecular formula is C21H25NO3. The van der Waals surface area contributed by atoms with E-state index in [1.165, 1.54) is 18.4 Å². The van der Waals surface area contributed by atoms with Gasteiger partial charge in [0.25, 0.3) is 0 Å². The van der Waals surface area contributed by atoms with E-state index in [-0.39, 0.29) is 12.2 Å². The first-order valence-corrected chi connectivity index (χ1v) is 9.37. The van der Waals surface area contributed by atoms with E-state index in [9.17, 15) is 4.79 Å². The molecule has 1 aromatic carbocycles. The molecule has 4 heteroatoms. The number of aldehydes is 1. The highest BCUT2D eigenvalue weighted by molar-refractivity contribution is 6.04. The summed E-state index contributed by atoms with van der Waals surface area (Å²) in [6, 6.07) is 6.17. The third kappa shape index (κ3) is 3.42. The normalized spacial score (nSPS) is 25.2. The van der Waals surface area contributed by atoms with Crippen LogP contribution in [0.4, 0.5) is 0 Å². The molecule has 132 valence electrons. The molecule has 0 saturated carbocycles. The predicted molar refractivity (Wildman–Crippen MR) is 98.8 cm³/mol. The van der Waals surface area contributed by atoms with Crippen LogP contribution >= 0.6 is 0 Å². The number of fused-ring (bicyclic) bond motifs is 1. The molecule has 4 rings (SSSR count). The molecule has 4 nitrogen and oxygen atoms in total. The Morgan fingerprint density at radius 1 is 1.08 bits per heavy atom. The Morgan fingerprint density at radius 3 is 2.64 bits per heavy atom. The van der Waals surface area contributed by atoms with Gasteiger partial charge in [-0.3, -0.25) is 4.79 Å². The van der Waals surface area contributed by atoms with Gasteiger partial charge >= 0.3 is 0 Å². The Labute approximate surface area is 148 Å². The van der Waals surface area contributed by atoms with Crippen molar-refractivity contribution in [3.63, 3.8) is 0 Å². The molecule has 3 heterocycles. The Kier molecular flexibility index (Phi) is 4.99. The van der Waals surface area contributed by atoms with Crippen LogP contribution in [-0.2, 0) is 9.47 Å². The fraction of sp³-hybridized carbons (Fsp3) is 0.476. The summed E-state index contributed by atoms with van der Waals surface area (Å²) in [5.41, 5.74) is 3.98. The van der Waals surface area contributed by atoms with Crippen LogP contribution in [0.3, 0.4) is 0 Å². The van der Waals surface area contributed by atoms with Gasteiger partial charge in [-0.05, 0) is 61.8 Å². The molecule has 0 spiro atoms. The molecule has 2 aromatic rings. The van der Waals surface area contributed by atoms with Crippen molar-refractivity contribution in [3.8, 4) is 0 Å². The zero-order chi connectivity index (χ0) is 17.1. The average Bonchev–Trinajstić information content (AvgIpc) is 3.11. The highest BCUT2D eigenvalue weighted by atomic mass is 16.5. The molecule has 0 radical (unpaired) electrons. The maximum absolute atomic E-state index is 11.5. The van der Waals surface area contributed by atoms with Crippen molar-refractivity contribution in [2.24, 2.45) is 0 Å². The Morgan fingerprint density at radius 2 is 1.92 bits per heavy atom. The molecule has 1 N–H and O–H groups in total. The van der Waals surface area contributed by atoms with Gasteiger partial charge in [-0.15, -0.1) is 0 Å². The van der Waals surface area contributed by atoms with Gasteiger partial charge < -0.3 is 14.5 Å². The van der Waals surface area contributed by atoms with E-state index in [2.05, 4.69) is 17.1 Å². The number of benzene rings is 1. The summed E-state index contributed by atoms with van der Waals surface area (Å²) in [4.78, 5) is 14.7. The minimum Gasteiger partial charge on any atom is -0.374 e. The van der Waals surface area contributed by atoms with Gasteiger partial charge in [0.15, 0.2) is 6.29 Å². The molecule has 0 amide bonds. The third-order valence-electron chi connectivity index (χ3n) is 5.28. The van der Waals surface area contributed by atoms with Gasteiger partial charge in [-0.1, -0.05) is 12.1 Å². The van der Waals surface area contributed by atoms with Gasteiger partial charge in [-0.2, -0.15) is 0 Å².